The summed E-state index contributed by atoms with van der Waals surface area (Å²) in [6, 6.07) is 8.10. The summed E-state index contributed by atoms with van der Waals surface area (Å²) in [4.78, 5) is 0.167. The lowest BCUT2D eigenvalue weighted by Gasteiger charge is -2.27. The highest BCUT2D eigenvalue weighted by Crippen LogP contribution is 2.40. The Morgan fingerprint density at radius 2 is 2.05 bits per heavy atom. The van der Waals surface area contributed by atoms with Gasteiger partial charge in [0.1, 0.15) is 0 Å². The third kappa shape index (κ3) is 3.20. The van der Waals surface area contributed by atoms with E-state index in [4.69, 9.17) is 5.26 Å². The summed E-state index contributed by atoms with van der Waals surface area (Å²) in [5.74, 6) is 0. The molecular formula is C15H20N2O2S. The maximum atomic E-state index is 12.3. The maximum Gasteiger partial charge on any atom is 0.240 e. The maximum absolute atomic E-state index is 12.3. The number of rotatable bonds is 5. The molecule has 1 aromatic rings. The molecule has 1 N–H and O–H groups in total. The van der Waals surface area contributed by atoms with Crippen LogP contribution in [-0.2, 0) is 10.0 Å². The molecule has 2 rings (SSSR count). The Kier molecular flexibility index (Phi) is 4.46. The molecule has 0 aromatic heterocycles. The zero-order chi connectivity index (χ0) is 14.6. The second-order valence-electron chi connectivity index (χ2n) is 5.52. The van der Waals surface area contributed by atoms with Crippen LogP contribution in [0.15, 0.2) is 29.2 Å². The van der Waals surface area contributed by atoms with E-state index >= 15 is 0 Å². The van der Waals surface area contributed by atoms with Crippen LogP contribution >= 0.6 is 0 Å². The van der Waals surface area contributed by atoms with Crippen LogP contribution in [0.3, 0.4) is 0 Å². The number of nitriles is 1. The fourth-order valence-corrected chi connectivity index (χ4v) is 4.05. The average Bonchev–Trinajstić information content (AvgIpc) is 2.95. The molecule has 1 fully saturated rings. The van der Waals surface area contributed by atoms with E-state index in [1.807, 2.05) is 6.07 Å². The van der Waals surface area contributed by atoms with Crippen LogP contribution < -0.4 is 4.72 Å². The minimum absolute atomic E-state index is 0.111. The second kappa shape index (κ2) is 5.94. The van der Waals surface area contributed by atoms with E-state index in [9.17, 15) is 8.42 Å². The lowest BCUT2D eigenvalue weighted by molar-refractivity contribution is 0.285. The Morgan fingerprint density at radius 1 is 1.35 bits per heavy atom. The third-order valence-corrected chi connectivity index (χ3v) is 5.72. The summed E-state index contributed by atoms with van der Waals surface area (Å²) in [5, 5.41) is 8.84. The SMILES string of the molecule is CCC1(CNS(=O)(=O)c2cccc(C#N)c2)CCCC1. The molecule has 0 amide bonds. The number of hydrogen-bond acceptors (Lipinski definition) is 3. The van der Waals surface area contributed by atoms with Crippen LogP contribution in [-0.4, -0.2) is 15.0 Å². The highest BCUT2D eigenvalue weighted by Gasteiger charge is 2.33. The lowest BCUT2D eigenvalue weighted by atomic mass is 9.84. The molecule has 0 spiro atoms. The van der Waals surface area contributed by atoms with Gasteiger partial charge in [-0.3, -0.25) is 0 Å². The van der Waals surface area contributed by atoms with E-state index in [0.717, 1.165) is 19.3 Å². The first-order chi connectivity index (χ1) is 9.51. The van der Waals surface area contributed by atoms with Crippen LogP contribution in [0.25, 0.3) is 0 Å². The van der Waals surface area contributed by atoms with E-state index in [1.165, 1.54) is 25.0 Å². The molecule has 5 heteroatoms. The van der Waals surface area contributed by atoms with Crippen molar-refractivity contribution in [2.75, 3.05) is 6.54 Å². The Labute approximate surface area is 120 Å². The van der Waals surface area contributed by atoms with Crippen LogP contribution in [0.5, 0.6) is 0 Å². The molecule has 0 saturated heterocycles. The van der Waals surface area contributed by atoms with E-state index in [1.54, 1.807) is 12.1 Å². The van der Waals surface area contributed by atoms with Gasteiger partial charge in [-0.15, -0.1) is 0 Å². The van der Waals surface area contributed by atoms with Gasteiger partial charge in [0.25, 0.3) is 0 Å². The first kappa shape index (κ1) is 15.0. The molecule has 1 aliphatic rings. The van der Waals surface area contributed by atoms with E-state index in [-0.39, 0.29) is 10.3 Å². The van der Waals surface area contributed by atoms with Crippen molar-refractivity contribution >= 4 is 10.0 Å². The molecule has 0 bridgehead atoms. The van der Waals surface area contributed by atoms with Gasteiger partial charge in [-0.05, 0) is 42.9 Å². The molecule has 20 heavy (non-hydrogen) atoms. The molecule has 1 saturated carbocycles. The Morgan fingerprint density at radius 3 is 2.65 bits per heavy atom. The zero-order valence-electron chi connectivity index (χ0n) is 11.7. The fraction of sp³-hybridized carbons (Fsp3) is 0.533. The van der Waals surface area contributed by atoms with E-state index in [2.05, 4.69) is 11.6 Å². The highest BCUT2D eigenvalue weighted by molar-refractivity contribution is 7.89. The molecule has 0 atom stereocenters. The van der Waals surface area contributed by atoms with Gasteiger partial charge in [-0.25, -0.2) is 13.1 Å². The van der Waals surface area contributed by atoms with Gasteiger partial charge >= 0.3 is 0 Å². The number of nitrogens with zero attached hydrogens (tertiary/aromatic N) is 1. The van der Waals surface area contributed by atoms with Crippen molar-refractivity contribution in [2.24, 2.45) is 5.41 Å². The number of benzene rings is 1. The van der Waals surface area contributed by atoms with Crippen molar-refractivity contribution in [2.45, 2.75) is 43.9 Å². The monoisotopic (exact) mass is 292 g/mol. The van der Waals surface area contributed by atoms with Crippen molar-refractivity contribution in [1.82, 2.24) is 4.72 Å². The summed E-state index contributed by atoms with van der Waals surface area (Å²) < 4.78 is 27.3. The minimum Gasteiger partial charge on any atom is -0.211 e. The normalized spacial score (nSPS) is 17.8. The van der Waals surface area contributed by atoms with Gasteiger partial charge in [0.15, 0.2) is 0 Å². The van der Waals surface area contributed by atoms with Crippen LogP contribution in [0.1, 0.15) is 44.6 Å². The van der Waals surface area contributed by atoms with Gasteiger partial charge in [-0.2, -0.15) is 5.26 Å². The van der Waals surface area contributed by atoms with Gasteiger partial charge in [0.05, 0.1) is 16.5 Å². The van der Waals surface area contributed by atoms with E-state index < -0.39 is 10.0 Å². The summed E-state index contributed by atoms with van der Waals surface area (Å²) in [6.45, 7) is 2.61. The third-order valence-electron chi connectivity index (χ3n) is 4.32. The van der Waals surface area contributed by atoms with Gasteiger partial charge < -0.3 is 0 Å². The number of nitrogens with one attached hydrogen (secondary N) is 1. The largest absolute Gasteiger partial charge is 0.240 e. The quantitative estimate of drug-likeness (QED) is 0.907. The topological polar surface area (TPSA) is 70.0 Å². The van der Waals surface area contributed by atoms with Crippen molar-refractivity contribution in [3.63, 3.8) is 0 Å². The molecule has 108 valence electrons. The molecule has 0 radical (unpaired) electrons. The highest BCUT2D eigenvalue weighted by atomic mass is 32.2. The molecule has 0 aliphatic heterocycles. The lowest BCUT2D eigenvalue weighted by Crippen LogP contribution is -2.35. The van der Waals surface area contributed by atoms with Crippen molar-refractivity contribution < 1.29 is 8.42 Å². The first-order valence-corrected chi connectivity index (χ1v) is 8.49. The summed E-state index contributed by atoms with van der Waals surface area (Å²) >= 11 is 0. The van der Waals surface area contributed by atoms with Crippen LogP contribution in [0.2, 0.25) is 0 Å². The van der Waals surface area contributed by atoms with Gasteiger partial charge in [0, 0.05) is 6.54 Å². The average molecular weight is 292 g/mol. The van der Waals surface area contributed by atoms with E-state index in [0.29, 0.717) is 12.1 Å². The van der Waals surface area contributed by atoms with Crippen molar-refractivity contribution in [3.05, 3.63) is 29.8 Å². The standard InChI is InChI=1S/C15H20N2O2S/c1-2-15(8-3-4-9-15)12-17-20(18,19)14-7-5-6-13(10-14)11-16/h5-7,10,17H,2-4,8-9,12H2,1H3. The van der Waals surface area contributed by atoms with Crippen molar-refractivity contribution in [3.8, 4) is 6.07 Å². The Hall–Kier alpha value is -1.38. The second-order valence-corrected chi connectivity index (χ2v) is 7.29. The minimum atomic E-state index is -3.53. The first-order valence-electron chi connectivity index (χ1n) is 7.01. The van der Waals surface area contributed by atoms with Gasteiger partial charge in [0.2, 0.25) is 10.0 Å². The Bertz CT molecular complexity index is 611. The smallest absolute Gasteiger partial charge is 0.211 e. The van der Waals surface area contributed by atoms with Crippen molar-refractivity contribution in [1.29, 1.82) is 5.26 Å². The summed E-state index contributed by atoms with van der Waals surface area (Å²) in [7, 11) is -3.53. The van der Waals surface area contributed by atoms with Crippen LogP contribution in [0.4, 0.5) is 0 Å². The Balaban J connectivity index is 2.13. The summed E-state index contributed by atoms with van der Waals surface area (Å²) in [6.07, 6.45) is 5.53. The molecule has 4 nitrogen and oxygen atoms in total. The molecule has 1 aromatic carbocycles. The predicted molar refractivity (Wildman–Crippen MR) is 77.5 cm³/mol. The van der Waals surface area contributed by atoms with Crippen LogP contribution in [0, 0.1) is 16.7 Å². The number of hydrogen-bond donors (Lipinski definition) is 1. The predicted octanol–water partition coefficient (Wildman–Crippen LogP) is 2.81. The molecular weight excluding hydrogens is 272 g/mol. The molecule has 0 heterocycles. The number of sulfonamides is 1. The van der Waals surface area contributed by atoms with Gasteiger partial charge in [-0.1, -0.05) is 25.8 Å². The fourth-order valence-electron chi connectivity index (χ4n) is 2.84. The summed E-state index contributed by atoms with van der Waals surface area (Å²) in [5.41, 5.74) is 0.471. The molecule has 1 aliphatic carbocycles. The molecule has 0 unspecified atom stereocenters. The zero-order valence-corrected chi connectivity index (χ0v) is 12.5.